The zero-order valence-corrected chi connectivity index (χ0v) is 22.3. The van der Waals surface area contributed by atoms with Gasteiger partial charge in [0.05, 0.1) is 6.33 Å². The van der Waals surface area contributed by atoms with E-state index in [1.807, 2.05) is 4.57 Å². The number of rotatable bonds is 9. The molecule has 0 N–H and O–H groups in total. The van der Waals surface area contributed by atoms with Crippen molar-refractivity contribution in [2.24, 2.45) is 14.1 Å². The summed E-state index contributed by atoms with van der Waals surface area (Å²) in [6.07, 6.45) is 7.47. The van der Waals surface area contributed by atoms with Crippen LogP contribution in [-0.4, -0.2) is 55.8 Å². The molecule has 0 radical (unpaired) electrons. The molecule has 1 atom stereocenters. The lowest BCUT2D eigenvalue weighted by Crippen LogP contribution is -2.52. The van der Waals surface area contributed by atoms with Crippen LogP contribution in [0.15, 0.2) is 40.2 Å². The van der Waals surface area contributed by atoms with E-state index >= 15 is 0 Å². The SMILES string of the molecule is Cc1cccc(N2CCN(CCCCCCCn3cnc4c3c(=O)n(C)c(=O)n4C)CC2C)c1.Cl. The van der Waals surface area contributed by atoms with Gasteiger partial charge in [-0.25, -0.2) is 9.78 Å². The quantitative estimate of drug-likeness (QED) is 0.420. The van der Waals surface area contributed by atoms with Crippen molar-refractivity contribution in [3.8, 4) is 0 Å². The Labute approximate surface area is 213 Å². The Morgan fingerprint density at radius 1 is 0.971 bits per heavy atom. The molecule has 3 heterocycles. The number of hydrogen-bond donors (Lipinski definition) is 0. The van der Waals surface area contributed by atoms with E-state index in [4.69, 9.17) is 0 Å². The Bertz CT molecular complexity index is 1250. The molecule has 0 aliphatic carbocycles. The standard InChI is InChI=1S/C26H38N6O2.ClH/c1-20-11-10-12-22(17-20)32-16-15-30(18-21(32)2)13-8-6-5-7-9-14-31-19-27-24-23(31)25(33)29(4)26(34)28(24)3;/h10-12,17,19,21H,5-9,13-16,18H2,1-4H3;1H. The summed E-state index contributed by atoms with van der Waals surface area (Å²) in [4.78, 5) is 34.0. The summed E-state index contributed by atoms with van der Waals surface area (Å²) in [7, 11) is 3.18. The van der Waals surface area contributed by atoms with Crippen LogP contribution < -0.4 is 16.1 Å². The van der Waals surface area contributed by atoms with Crippen LogP contribution in [0.3, 0.4) is 0 Å². The molecule has 35 heavy (non-hydrogen) atoms. The summed E-state index contributed by atoms with van der Waals surface area (Å²) in [6.45, 7) is 9.76. The summed E-state index contributed by atoms with van der Waals surface area (Å²) in [6, 6.07) is 9.36. The number of aromatic nitrogens is 4. The van der Waals surface area contributed by atoms with Crippen LogP contribution in [-0.2, 0) is 20.6 Å². The highest BCUT2D eigenvalue weighted by Crippen LogP contribution is 2.22. The number of nitrogens with zero attached hydrogens (tertiary/aromatic N) is 6. The molecule has 1 saturated heterocycles. The third-order valence-electron chi connectivity index (χ3n) is 7.14. The van der Waals surface area contributed by atoms with Crippen LogP contribution in [0.4, 0.5) is 5.69 Å². The third kappa shape index (κ3) is 5.98. The van der Waals surface area contributed by atoms with E-state index < -0.39 is 0 Å². The largest absolute Gasteiger partial charge is 0.366 e. The predicted octanol–water partition coefficient (Wildman–Crippen LogP) is 3.33. The normalized spacial score (nSPS) is 16.6. The van der Waals surface area contributed by atoms with Crippen LogP contribution in [0.5, 0.6) is 0 Å². The molecule has 3 aromatic rings. The van der Waals surface area contributed by atoms with E-state index in [0.29, 0.717) is 17.2 Å². The highest BCUT2D eigenvalue weighted by atomic mass is 35.5. The molecular weight excluding hydrogens is 464 g/mol. The van der Waals surface area contributed by atoms with Crippen molar-refractivity contribution in [2.45, 2.75) is 58.5 Å². The molecule has 2 aromatic heterocycles. The zero-order valence-electron chi connectivity index (χ0n) is 21.4. The van der Waals surface area contributed by atoms with Gasteiger partial charge in [0.2, 0.25) is 0 Å². The number of unbranched alkanes of at least 4 members (excludes halogenated alkanes) is 4. The maximum absolute atomic E-state index is 12.5. The second-order valence-electron chi connectivity index (χ2n) is 9.77. The molecule has 1 unspecified atom stereocenters. The first-order chi connectivity index (χ1) is 16.4. The van der Waals surface area contributed by atoms with Crippen LogP contribution in [0.25, 0.3) is 11.2 Å². The van der Waals surface area contributed by atoms with Gasteiger partial charge in [-0.2, -0.15) is 0 Å². The van der Waals surface area contributed by atoms with Crippen molar-refractivity contribution >= 4 is 29.3 Å². The number of fused-ring (bicyclic) bond motifs is 1. The molecule has 0 bridgehead atoms. The summed E-state index contributed by atoms with van der Waals surface area (Å²) in [5.41, 5.74) is 3.04. The van der Waals surface area contributed by atoms with E-state index in [0.717, 1.165) is 43.6 Å². The number of benzene rings is 1. The lowest BCUT2D eigenvalue weighted by Gasteiger charge is -2.41. The van der Waals surface area contributed by atoms with E-state index in [9.17, 15) is 9.59 Å². The molecule has 0 spiro atoms. The van der Waals surface area contributed by atoms with Gasteiger partial charge in [-0.15, -0.1) is 12.4 Å². The maximum atomic E-state index is 12.5. The lowest BCUT2D eigenvalue weighted by atomic mass is 10.1. The van der Waals surface area contributed by atoms with Gasteiger partial charge in [-0.3, -0.25) is 18.8 Å². The van der Waals surface area contributed by atoms with Crippen molar-refractivity contribution < 1.29 is 0 Å². The van der Waals surface area contributed by atoms with Crippen molar-refractivity contribution in [3.63, 3.8) is 0 Å². The molecule has 4 rings (SSSR count). The molecule has 0 amide bonds. The van der Waals surface area contributed by atoms with Crippen molar-refractivity contribution in [2.75, 3.05) is 31.1 Å². The first kappa shape index (κ1) is 27.0. The highest BCUT2D eigenvalue weighted by Gasteiger charge is 2.23. The first-order valence-corrected chi connectivity index (χ1v) is 12.5. The molecule has 1 aliphatic heterocycles. The monoisotopic (exact) mass is 502 g/mol. The second-order valence-corrected chi connectivity index (χ2v) is 9.77. The summed E-state index contributed by atoms with van der Waals surface area (Å²) >= 11 is 0. The number of anilines is 1. The smallest absolute Gasteiger partial charge is 0.332 e. The van der Waals surface area contributed by atoms with Gasteiger partial charge < -0.3 is 9.47 Å². The second kappa shape index (κ2) is 11.9. The number of aryl methyl sites for hydroxylation is 3. The van der Waals surface area contributed by atoms with E-state index in [2.05, 4.69) is 52.9 Å². The fourth-order valence-electron chi connectivity index (χ4n) is 5.14. The molecular formula is C26H39ClN6O2. The van der Waals surface area contributed by atoms with Gasteiger partial charge in [-0.05, 0) is 50.9 Å². The minimum Gasteiger partial charge on any atom is -0.366 e. The molecule has 0 saturated carbocycles. The molecule has 8 nitrogen and oxygen atoms in total. The van der Waals surface area contributed by atoms with Crippen molar-refractivity contribution in [1.82, 2.24) is 23.6 Å². The zero-order chi connectivity index (χ0) is 24.2. The minimum atomic E-state index is -0.339. The first-order valence-electron chi connectivity index (χ1n) is 12.5. The van der Waals surface area contributed by atoms with Gasteiger partial charge in [0.15, 0.2) is 11.2 Å². The van der Waals surface area contributed by atoms with Crippen LogP contribution in [0.2, 0.25) is 0 Å². The maximum Gasteiger partial charge on any atom is 0.332 e. The van der Waals surface area contributed by atoms with E-state index in [-0.39, 0.29) is 23.7 Å². The molecule has 1 aliphatic rings. The Balaban J connectivity index is 0.00000342. The van der Waals surface area contributed by atoms with Gasteiger partial charge >= 0.3 is 5.69 Å². The third-order valence-corrected chi connectivity index (χ3v) is 7.14. The summed E-state index contributed by atoms with van der Waals surface area (Å²) in [5.74, 6) is 0. The number of halogens is 1. The van der Waals surface area contributed by atoms with Gasteiger partial charge in [-0.1, -0.05) is 31.4 Å². The minimum absolute atomic E-state index is 0. The number of imidazole rings is 1. The van der Waals surface area contributed by atoms with Crippen LogP contribution in [0, 0.1) is 6.92 Å². The number of piperazine rings is 1. The van der Waals surface area contributed by atoms with Crippen LogP contribution >= 0.6 is 12.4 Å². The summed E-state index contributed by atoms with van der Waals surface area (Å²) < 4.78 is 4.49. The summed E-state index contributed by atoms with van der Waals surface area (Å²) in [5, 5.41) is 0. The molecule has 9 heteroatoms. The Morgan fingerprint density at radius 3 is 2.40 bits per heavy atom. The average Bonchev–Trinajstić information content (AvgIpc) is 3.25. The fourth-order valence-corrected chi connectivity index (χ4v) is 5.14. The van der Waals surface area contributed by atoms with Gasteiger partial charge in [0, 0.05) is 52.0 Å². The van der Waals surface area contributed by atoms with Gasteiger partial charge in [0.25, 0.3) is 5.56 Å². The highest BCUT2D eigenvalue weighted by molar-refractivity contribution is 5.85. The fraction of sp³-hybridized carbons (Fsp3) is 0.577. The van der Waals surface area contributed by atoms with E-state index in [1.54, 1.807) is 13.4 Å². The van der Waals surface area contributed by atoms with Crippen molar-refractivity contribution in [1.29, 1.82) is 0 Å². The molecule has 1 aromatic carbocycles. The predicted molar refractivity (Wildman–Crippen MR) is 145 cm³/mol. The van der Waals surface area contributed by atoms with Gasteiger partial charge in [0.1, 0.15) is 0 Å². The Hall–Kier alpha value is -2.58. The van der Waals surface area contributed by atoms with Crippen molar-refractivity contribution in [3.05, 3.63) is 57.0 Å². The number of hydrogen-bond acceptors (Lipinski definition) is 5. The molecule has 192 valence electrons. The average molecular weight is 503 g/mol. The van der Waals surface area contributed by atoms with E-state index in [1.165, 1.54) is 48.7 Å². The Morgan fingerprint density at radius 2 is 1.69 bits per heavy atom. The van der Waals surface area contributed by atoms with Crippen LogP contribution in [0.1, 0.15) is 44.6 Å². The lowest BCUT2D eigenvalue weighted by molar-refractivity contribution is 0.224. The topological polar surface area (TPSA) is 68.3 Å². The molecule has 1 fully saturated rings. The Kier molecular flexibility index (Phi) is 9.19.